The summed E-state index contributed by atoms with van der Waals surface area (Å²) >= 11 is 3.42. The van der Waals surface area contributed by atoms with E-state index in [2.05, 4.69) is 28.2 Å². The fraction of sp³-hybridized carbons (Fsp3) is 0.308. The second-order valence-corrected chi connectivity index (χ2v) is 6.57. The number of carbonyl (C=O) groups excluding carboxylic acids is 1. The minimum Gasteiger partial charge on any atom is -0.368 e. The van der Waals surface area contributed by atoms with E-state index in [1.807, 2.05) is 6.07 Å². The van der Waals surface area contributed by atoms with Crippen molar-refractivity contribution in [2.75, 3.05) is 0 Å². The maximum absolute atomic E-state index is 11.2. The summed E-state index contributed by atoms with van der Waals surface area (Å²) in [6, 6.07) is 6.31. The summed E-state index contributed by atoms with van der Waals surface area (Å²) in [5, 5.41) is 7.38. The maximum Gasteiger partial charge on any atom is 0.237 e. The molecule has 0 fully saturated rings. The third-order valence-electron chi connectivity index (χ3n) is 2.78. The van der Waals surface area contributed by atoms with Gasteiger partial charge in [0.15, 0.2) is 0 Å². The lowest BCUT2D eigenvalue weighted by atomic mass is 10.1. The second kappa shape index (κ2) is 5.22. The summed E-state index contributed by atoms with van der Waals surface area (Å²) < 4.78 is 0. The van der Waals surface area contributed by atoms with Crippen molar-refractivity contribution in [3.63, 3.8) is 0 Å². The summed E-state index contributed by atoms with van der Waals surface area (Å²) in [6.45, 7) is 4.25. The van der Waals surface area contributed by atoms with Crippen LogP contribution in [0.5, 0.6) is 0 Å². The van der Waals surface area contributed by atoms with Gasteiger partial charge in [-0.15, -0.1) is 22.7 Å². The number of hydrogen-bond acceptors (Lipinski definition) is 4. The number of thiophene rings is 2. The van der Waals surface area contributed by atoms with Gasteiger partial charge in [0, 0.05) is 21.9 Å². The van der Waals surface area contributed by atoms with Gasteiger partial charge in [-0.1, -0.05) is 6.07 Å². The first-order valence-corrected chi connectivity index (χ1v) is 7.41. The van der Waals surface area contributed by atoms with Crippen LogP contribution in [0.15, 0.2) is 29.0 Å². The average molecular weight is 280 g/mol. The van der Waals surface area contributed by atoms with Crippen molar-refractivity contribution in [1.82, 2.24) is 5.32 Å². The highest BCUT2D eigenvalue weighted by Gasteiger charge is 2.23. The average Bonchev–Trinajstić information content (AvgIpc) is 2.97. The van der Waals surface area contributed by atoms with E-state index in [1.54, 1.807) is 36.5 Å². The number of carbonyl (C=O) groups is 1. The van der Waals surface area contributed by atoms with Gasteiger partial charge in [-0.25, -0.2) is 0 Å². The zero-order valence-electron chi connectivity index (χ0n) is 10.4. The molecule has 0 unspecified atom stereocenters. The van der Waals surface area contributed by atoms with Gasteiger partial charge in [0.25, 0.3) is 0 Å². The fourth-order valence-electron chi connectivity index (χ4n) is 1.44. The Balaban J connectivity index is 2.02. The SMILES string of the molecule is CC(C)(NCc1cc(-c2cccs2)cs1)C(N)=O. The van der Waals surface area contributed by atoms with Crippen LogP contribution in [-0.4, -0.2) is 11.4 Å². The van der Waals surface area contributed by atoms with E-state index in [0.29, 0.717) is 6.54 Å². The van der Waals surface area contributed by atoms with E-state index in [-0.39, 0.29) is 5.91 Å². The molecule has 0 atom stereocenters. The Hall–Kier alpha value is -1.17. The first kappa shape index (κ1) is 13.3. The summed E-state index contributed by atoms with van der Waals surface area (Å²) in [7, 11) is 0. The van der Waals surface area contributed by atoms with E-state index < -0.39 is 5.54 Å². The lowest BCUT2D eigenvalue weighted by Crippen LogP contribution is -2.50. The molecule has 2 aromatic rings. The van der Waals surface area contributed by atoms with Crippen LogP contribution in [0.25, 0.3) is 10.4 Å². The Morgan fingerprint density at radius 1 is 1.44 bits per heavy atom. The van der Waals surface area contributed by atoms with Gasteiger partial charge in [0.1, 0.15) is 0 Å². The van der Waals surface area contributed by atoms with Crippen LogP contribution in [0.3, 0.4) is 0 Å². The van der Waals surface area contributed by atoms with Gasteiger partial charge in [0.2, 0.25) is 5.91 Å². The number of nitrogens with one attached hydrogen (secondary N) is 1. The number of rotatable bonds is 5. The Morgan fingerprint density at radius 2 is 2.22 bits per heavy atom. The molecule has 0 aliphatic rings. The minimum atomic E-state index is -0.674. The second-order valence-electron chi connectivity index (χ2n) is 4.62. The van der Waals surface area contributed by atoms with Crippen LogP contribution in [0.1, 0.15) is 18.7 Å². The molecule has 5 heteroatoms. The molecule has 0 radical (unpaired) electrons. The lowest BCUT2D eigenvalue weighted by molar-refractivity contribution is -0.123. The van der Waals surface area contributed by atoms with Crippen molar-refractivity contribution >= 4 is 28.6 Å². The van der Waals surface area contributed by atoms with Crippen LogP contribution >= 0.6 is 22.7 Å². The number of hydrogen-bond donors (Lipinski definition) is 2. The van der Waals surface area contributed by atoms with Gasteiger partial charge in [0.05, 0.1) is 5.54 Å². The molecule has 2 rings (SSSR count). The molecular weight excluding hydrogens is 264 g/mol. The minimum absolute atomic E-state index is 0.336. The molecule has 0 spiro atoms. The lowest BCUT2D eigenvalue weighted by Gasteiger charge is -2.21. The zero-order chi connectivity index (χ0) is 13.2. The molecule has 96 valence electrons. The topological polar surface area (TPSA) is 55.1 Å². The summed E-state index contributed by atoms with van der Waals surface area (Å²) in [5.41, 5.74) is 5.89. The Kier molecular flexibility index (Phi) is 3.85. The third-order valence-corrected chi connectivity index (χ3v) is 4.64. The normalized spacial score (nSPS) is 11.7. The van der Waals surface area contributed by atoms with Crippen molar-refractivity contribution in [1.29, 1.82) is 0 Å². The molecule has 1 amide bonds. The van der Waals surface area contributed by atoms with Crippen molar-refractivity contribution in [3.05, 3.63) is 33.8 Å². The standard InChI is InChI=1S/C13H16N2OS2/c1-13(2,12(14)16)15-7-10-6-9(8-18-10)11-4-3-5-17-11/h3-6,8,15H,7H2,1-2H3,(H2,14,16). The van der Waals surface area contributed by atoms with Crippen LogP contribution in [0.2, 0.25) is 0 Å². The van der Waals surface area contributed by atoms with E-state index in [9.17, 15) is 4.79 Å². The Morgan fingerprint density at radius 3 is 2.83 bits per heavy atom. The Bertz CT molecular complexity index is 529. The predicted molar refractivity (Wildman–Crippen MR) is 77.7 cm³/mol. The molecule has 3 nitrogen and oxygen atoms in total. The first-order chi connectivity index (χ1) is 8.49. The van der Waals surface area contributed by atoms with Gasteiger partial charge in [-0.05, 0) is 36.7 Å². The number of nitrogens with two attached hydrogens (primary N) is 1. The summed E-state index contributed by atoms with van der Waals surface area (Å²) in [4.78, 5) is 13.7. The molecule has 0 saturated carbocycles. The van der Waals surface area contributed by atoms with Crippen LogP contribution in [0, 0.1) is 0 Å². The van der Waals surface area contributed by atoms with Crippen molar-refractivity contribution in [2.45, 2.75) is 25.9 Å². The van der Waals surface area contributed by atoms with E-state index in [4.69, 9.17) is 5.73 Å². The highest BCUT2D eigenvalue weighted by molar-refractivity contribution is 7.14. The van der Waals surface area contributed by atoms with Crippen molar-refractivity contribution in [2.24, 2.45) is 5.73 Å². The molecular formula is C13H16N2OS2. The first-order valence-electron chi connectivity index (χ1n) is 5.65. The van der Waals surface area contributed by atoms with Gasteiger partial charge < -0.3 is 5.73 Å². The molecule has 0 saturated heterocycles. The highest BCUT2D eigenvalue weighted by Crippen LogP contribution is 2.29. The zero-order valence-corrected chi connectivity index (χ0v) is 12.0. The van der Waals surface area contributed by atoms with Gasteiger partial charge in [-0.3, -0.25) is 10.1 Å². The molecule has 3 N–H and O–H groups in total. The summed E-state index contributed by atoms with van der Waals surface area (Å²) in [6.07, 6.45) is 0. The van der Waals surface area contributed by atoms with Crippen molar-refractivity contribution < 1.29 is 4.79 Å². The maximum atomic E-state index is 11.2. The highest BCUT2D eigenvalue weighted by atomic mass is 32.1. The van der Waals surface area contributed by atoms with Crippen LogP contribution in [-0.2, 0) is 11.3 Å². The third kappa shape index (κ3) is 2.98. The molecule has 0 aliphatic heterocycles. The van der Waals surface area contributed by atoms with Gasteiger partial charge >= 0.3 is 0 Å². The molecule has 0 aliphatic carbocycles. The summed E-state index contributed by atoms with van der Waals surface area (Å²) in [5.74, 6) is -0.336. The van der Waals surface area contributed by atoms with E-state index in [1.165, 1.54) is 15.3 Å². The molecule has 0 bridgehead atoms. The number of primary amides is 1. The largest absolute Gasteiger partial charge is 0.368 e. The van der Waals surface area contributed by atoms with Gasteiger partial charge in [-0.2, -0.15) is 0 Å². The smallest absolute Gasteiger partial charge is 0.237 e. The van der Waals surface area contributed by atoms with Crippen molar-refractivity contribution in [3.8, 4) is 10.4 Å². The predicted octanol–water partition coefficient (Wildman–Crippen LogP) is 2.83. The number of amides is 1. The van der Waals surface area contributed by atoms with Crippen LogP contribution in [0.4, 0.5) is 0 Å². The monoisotopic (exact) mass is 280 g/mol. The van der Waals surface area contributed by atoms with E-state index in [0.717, 1.165) is 0 Å². The van der Waals surface area contributed by atoms with E-state index >= 15 is 0 Å². The fourth-order valence-corrected chi connectivity index (χ4v) is 3.05. The quantitative estimate of drug-likeness (QED) is 0.885. The molecule has 2 aromatic heterocycles. The Labute approximate surface area is 115 Å². The van der Waals surface area contributed by atoms with Crippen LogP contribution < -0.4 is 11.1 Å². The molecule has 0 aromatic carbocycles. The molecule has 18 heavy (non-hydrogen) atoms. The molecule has 2 heterocycles.